The van der Waals surface area contributed by atoms with Crippen molar-refractivity contribution in [3.63, 3.8) is 0 Å². The number of aromatic nitrogens is 4. The highest BCUT2D eigenvalue weighted by Gasteiger charge is 2.66. The van der Waals surface area contributed by atoms with Crippen molar-refractivity contribution in [2.24, 2.45) is 16.2 Å². The molecule has 0 spiro atoms. The molecule has 2 aromatic carbocycles. The molecule has 4 saturated carbocycles. The lowest BCUT2D eigenvalue weighted by molar-refractivity contribution is -0.245. The third-order valence-corrected chi connectivity index (χ3v) is 13.8. The molecule has 10 rings (SSSR count). The van der Waals surface area contributed by atoms with E-state index in [9.17, 15) is 14.4 Å². The molecule has 4 heterocycles. The molecular weight excluding hydrogens is 749 g/mol. The first-order chi connectivity index (χ1) is 27.6. The molecule has 0 saturated heterocycles. The van der Waals surface area contributed by atoms with Gasteiger partial charge in [0.25, 0.3) is 5.91 Å². The number of benzene rings is 2. The summed E-state index contributed by atoms with van der Waals surface area (Å²) in [7, 11) is 0. The van der Waals surface area contributed by atoms with E-state index in [1.165, 1.54) is 17.8 Å². The van der Waals surface area contributed by atoms with Crippen LogP contribution in [0.3, 0.4) is 0 Å². The molecule has 302 valence electrons. The van der Waals surface area contributed by atoms with Crippen molar-refractivity contribution in [1.82, 2.24) is 19.7 Å². The first-order valence-corrected chi connectivity index (χ1v) is 21.3. The number of hydrogen-bond donors (Lipinski definition) is 1. The van der Waals surface area contributed by atoms with E-state index >= 15 is 0 Å². The average molecular weight is 801 g/mol. The van der Waals surface area contributed by atoms with Gasteiger partial charge in [-0.05, 0) is 130 Å². The molecular formula is C46H52N6O5S. The second kappa shape index (κ2) is 13.8. The highest BCUT2D eigenvalue weighted by molar-refractivity contribution is 7.22. The lowest BCUT2D eigenvalue weighted by Crippen LogP contribution is -2.64. The molecule has 1 amide bonds. The minimum absolute atomic E-state index is 0.0139. The Labute approximate surface area is 343 Å². The van der Waals surface area contributed by atoms with Crippen molar-refractivity contribution in [2.45, 2.75) is 111 Å². The first kappa shape index (κ1) is 38.6. The second-order valence-corrected chi connectivity index (χ2v) is 20.3. The maximum absolute atomic E-state index is 14.1. The summed E-state index contributed by atoms with van der Waals surface area (Å²) in [5, 5.41) is 8.56. The van der Waals surface area contributed by atoms with Gasteiger partial charge in [-0.15, -0.1) is 0 Å². The zero-order valence-corrected chi connectivity index (χ0v) is 35.1. The van der Waals surface area contributed by atoms with Crippen LogP contribution in [0.15, 0.2) is 60.8 Å². The number of rotatable bonds is 10. The van der Waals surface area contributed by atoms with Gasteiger partial charge < -0.3 is 19.2 Å². The molecule has 12 heteroatoms. The fourth-order valence-corrected chi connectivity index (χ4v) is 12.8. The van der Waals surface area contributed by atoms with Crippen LogP contribution in [0.25, 0.3) is 21.3 Å². The van der Waals surface area contributed by atoms with Crippen molar-refractivity contribution in [3.8, 4) is 11.1 Å². The summed E-state index contributed by atoms with van der Waals surface area (Å²) in [6, 6.07) is 17.6. The topological polar surface area (TPSA) is 129 Å². The van der Waals surface area contributed by atoms with Crippen LogP contribution < -0.4 is 10.2 Å². The summed E-state index contributed by atoms with van der Waals surface area (Å²) in [5.74, 6) is -0.0678. The van der Waals surface area contributed by atoms with Crippen LogP contribution >= 0.6 is 11.3 Å². The Kier molecular flexibility index (Phi) is 9.20. The molecule has 2 atom stereocenters. The number of carbonyl (C=O) groups excluding carboxylic acids is 3. The molecule has 5 aliphatic rings. The highest BCUT2D eigenvalue weighted by atomic mass is 32.1. The number of fused-ring (bicyclic) bond motifs is 2. The van der Waals surface area contributed by atoms with Crippen LogP contribution in [0, 0.1) is 23.2 Å². The standard InChI is InChI=1S/C46H52N6O5S/c1-29-33(20-47-52(29)28-45-23-43(5)22-44(6,24-45)26-46(25-43,27-45)56-19-18-53)31-14-15-37(49-38(31)40(55)57-42(2,3)4)51-17-16-30-10-9-11-32(34(30)21-51)39(54)50-41-48-35-12-7-8-13-36(35)58-41/h7-15,18,20H,16-17,19,21-28H2,1-6H3,(H,48,50,54). The van der Waals surface area contributed by atoms with Crippen molar-refractivity contribution < 1.29 is 23.9 Å². The van der Waals surface area contributed by atoms with Gasteiger partial charge in [-0.25, -0.2) is 14.8 Å². The summed E-state index contributed by atoms with van der Waals surface area (Å²) in [5.41, 5.74) is 5.46. The number of thiazole rings is 1. The van der Waals surface area contributed by atoms with Crippen LogP contribution in [-0.2, 0) is 33.8 Å². The van der Waals surface area contributed by atoms with Crippen LogP contribution in [0.2, 0.25) is 0 Å². The van der Waals surface area contributed by atoms with Gasteiger partial charge in [0.15, 0.2) is 10.8 Å². The molecule has 1 N–H and O–H groups in total. The lowest BCUT2D eigenvalue weighted by atomic mass is 9.39. The normalized spacial score (nSPS) is 26.1. The van der Waals surface area contributed by atoms with E-state index in [1.54, 1.807) is 0 Å². The van der Waals surface area contributed by atoms with Crippen molar-refractivity contribution in [3.05, 3.63) is 88.9 Å². The Bertz CT molecular complexity index is 2410. The van der Waals surface area contributed by atoms with Crippen LogP contribution in [0.1, 0.15) is 111 Å². The number of aldehydes is 1. The number of esters is 1. The molecule has 3 aromatic heterocycles. The SMILES string of the molecule is Cc1c(-c2ccc(N3CCc4cccc(C(=O)Nc5nc6ccccc6s5)c4C3)nc2C(=O)OC(C)(C)C)cnn1CC12CC3(C)CC(C)(C1)CC(OCC=O)(C3)C2. The quantitative estimate of drug-likeness (QED) is 0.109. The maximum atomic E-state index is 14.1. The second-order valence-electron chi connectivity index (χ2n) is 19.3. The summed E-state index contributed by atoms with van der Waals surface area (Å²) < 4.78 is 15.5. The summed E-state index contributed by atoms with van der Waals surface area (Å²) in [6.45, 7) is 14.5. The van der Waals surface area contributed by atoms with Crippen molar-refractivity contribution >= 4 is 50.7 Å². The van der Waals surface area contributed by atoms with Gasteiger partial charge in [0.05, 0.1) is 22.0 Å². The van der Waals surface area contributed by atoms with E-state index in [0.717, 1.165) is 84.0 Å². The largest absolute Gasteiger partial charge is 0.455 e. The summed E-state index contributed by atoms with van der Waals surface area (Å²) in [4.78, 5) is 51.0. The molecule has 2 unspecified atom stereocenters. The molecule has 5 aromatic rings. The Hall–Kier alpha value is -4.94. The van der Waals surface area contributed by atoms with E-state index in [2.05, 4.69) is 46.7 Å². The van der Waals surface area contributed by atoms with Gasteiger partial charge in [-0.3, -0.25) is 14.8 Å². The number of nitrogens with zero attached hydrogens (tertiary/aromatic N) is 5. The highest BCUT2D eigenvalue weighted by Crippen LogP contribution is 2.72. The minimum atomic E-state index is -0.729. The first-order valence-electron chi connectivity index (χ1n) is 20.4. The van der Waals surface area contributed by atoms with Gasteiger partial charge in [0.2, 0.25) is 0 Å². The van der Waals surface area contributed by atoms with Crippen LogP contribution in [0.4, 0.5) is 10.9 Å². The van der Waals surface area contributed by atoms with E-state index in [4.69, 9.17) is 19.6 Å². The van der Waals surface area contributed by atoms with Crippen LogP contribution in [0.5, 0.6) is 0 Å². The monoisotopic (exact) mass is 800 g/mol. The molecule has 58 heavy (non-hydrogen) atoms. The molecule has 4 bridgehead atoms. The van der Waals surface area contributed by atoms with Crippen molar-refractivity contribution in [2.75, 3.05) is 23.4 Å². The Morgan fingerprint density at radius 3 is 2.45 bits per heavy atom. The van der Waals surface area contributed by atoms with Gasteiger partial charge in [0.1, 0.15) is 24.3 Å². The third-order valence-electron chi connectivity index (χ3n) is 12.8. The minimum Gasteiger partial charge on any atom is -0.455 e. The van der Waals surface area contributed by atoms with Crippen molar-refractivity contribution in [1.29, 1.82) is 0 Å². The Balaban J connectivity index is 1.01. The fraction of sp³-hybridized carbons (Fsp3) is 0.478. The lowest BCUT2D eigenvalue weighted by Gasteiger charge is -2.69. The Morgan fingerprint density at radius 2 is 1.71 bits per heavy atom. The predicted octanol–water partition coefficient (Wildman–Crippen LogP) is 8.97. The number of hydrogen-bond acceptors (Lipinski definition) is 10. The zero-order valence-electron chi connectivity index (χ0n) is 34.3. The van der Waals surface area contributed by atoms with Gasteiger partial charge in [0, 0.05) is 42.0 Å². The molecule has 4 aliphatic carbocycles. The average Bonchev–Trinajstić information content (AvgIpc) is 3.72. The third kappa shape index (κ3) is 7.12. The maximum Gasteiger partial charge on any atom is 0.358 e. The summed E-state index contributed by atoms with van der Waals surface area (Å²) in [6.07, 6.45) is 9.73. The van der Waals surface area contributed by atoms with Crippen LogP contribution in [-0.4, -0.2) is 62.3 Å². The number of amides is 1. The molecule has 4 fully saturated rings. The number of para-hydroxylation sites is 1. The van der Waals surface area contributed by atoms with E-state index < -0.39 is 11.6 Å². The van der Waals surface area contributed by atoms with Gasteiger partial charge >= 0.3 is 5.97 Å². The smallest absolute Gasteiger partial charge is 0.358 e. The number of nitrogens with one attached hydrogen (secondary N) is 1. The van der Waals surface area contributed by atoms with E-state index in [-0.39, 0.29) is 40.1 Å². The van der Waals surface area contributed by atoms with E-state index in [0.29, 0.717) is 35.2 Å². The number of pyridine rings is 1. The Morgan fingerprint density at radius 1 is 0.931 bits per heavy atom. The molecule has 0 radical (unpaired) electrons. The molecule has 11 nitrogen and oxygen atoms in total. The number of anilines is 2. The zero-order chi connectivity index (χ0) is 40.7. The number of carbonyl (C=O) groups is 3. The molecule has 1 aliphatic heterocycles. The van der Waals surface area contributed by atoms with Gasteiger partial charge in [-0.1, -0.05) is 49.4 Å². The van der Waals surface area contributed by atoms with Gasteiger partial charge in [-0.2, -0.15) is 5.10 Å². The predicted molar refractivity (Wildman–Crippen MR) is 225 cm³/mol. The number of ether oxygens (including phenoxy) is 2. The fourth-order valence-electron chi connectivity index (χ4n) is 12.0. The summed E-state index contributed by atoms with van der Waals surface area (Å²) >= 11 is 1.45. The van der Waals surface area contributed by atoms with E-state index in [1.807, 2.05) is 75.5 Å².